The molecule has 1 saturated heterocycles. The fraction of sp³-hybridized carbons (Fsp3) is 0.684. The number of amides is 1. The molecule has 7 heteroatoms. The summed E-state index contributed by atoms with van der Waals surface area (Å²) in [7, 11) is 0. The lowest BCUT2D eigenvalue weighted by Gasteiger charge is -2.39. The fourth-order valence-electron chi connectivity index (χ4n) is 4.01. The van der Waals surface area contributed by atoms with Crippen molar-refractivity contribution < 1.29 is 9.53 Å². The van der Waals surface area contributed by atoms with E-state index in [9.17, 15) is 9.70 Å². The van der Waals surface area contributed by atoms with Crippen LogP contribution in [0.3, 0.4) is 0 Å². The maximum absolute atomic E-state index is 12.2. The first-order valence-electron chi connectivity index (χ1n) is 9.35. The number of anilines is 1. The molecule has 1 aromatic heterocycles. The number of ether oxygens (including phenoxy) is 1. The molecule has 142 valence electrons. The Morgan fingerprint density at radius 3 is 2.81 bits per heavy atom. The number of piperidine rings is 1. The monoisotopic (exact) mass is 360 g/mol. The summed E-state index contributed by atoms with van der Waals surface area (Å²) in [5.41, 5.74) is 3.00. The standard InChI is InChI=1S/C19H28N4O3/c1-12-8-13(21-18(24)26-19(2,3)4)11-23(10-12)17-14-6-5-7-15(14)20-9-16(17)22-25/h9,12-13H,5-8,10-11H2,1-4H3,(H,21,24)/t12-,13+/m1/s1. The highest BCUT2D eigenvalue weighted by molar-refractivity contribution is 5.73. The Hall–Kier alpha value is -2.18. The minimum Gasteiger partial charge on any atom is -0.444 e. The highest BCUT2D eigenvalue weighted by atomic mass is 16.6. The number of pyridine rings is 1. The lowest BCUT2D eigenvalue weighted by Crippen LogP contribution is -2.51. The van der Waals surface area contributed by atoms with Gasteiger partial charge in [-0.1, -0.05) is 6.92 Å². The van der Waals surface area contributed by atoms with E-state index in [1.54, 1.807) is 6.20 Å². The number of carbonyl (C=O) groups is 1. The van der Waals surface area contributed by atoms with Gasteiger partial charge in [0, 0.05) is 24.8 Å². The van der Waals surface area contributed by atoms with Gasteiger partial charge in [-0.25, -0.2) is 4.79 Å². The number of hydrogen-bond donors (Lipinski definition) is 1. The molecule has 0 radical (unpaired) electrons. The number of carbonyl (C=O) groups excluding carboxylic acids is 1. The smallest absolute Gasteiger partial charge is 0.407 e. The van der Waals surface area contributed by atoms with Crippen LogP contribution in [0.25, 0.3) is 0 Å². The van der Waals surface area contributed by atoms with Crippen LogP contribution in [0.1, 0.15) is 51.8 Å². The summed E-state index contributed by atoms with van der Waals surface area (Å²) < 4.78 is 5.39. The predicted octanol–water partition coefficient (Wildman–Crippen LogP) is 3.71. The Morgan fingerprint density at radius 2 is 2.12 bits per heavy atom. The third-order valence-electron chi connectivity index (χ3n) is 4.85. The topological polar surface area (TPSA) is 83.9 Å². The van der Waals surface area contributed by atoms with Crippen LogP contribution in [0.4, 0.5) is 16.2 Å². The first-order chi connectivity index (χ1) is 12.3. The van der Waals surface area contributed by atoms with Gasteiger partial charge in [0.05, 0.1) is 11.9 Å². The van der Waals surface area contributed by atoms with E-state index >= 15 is 0 Å². The Balaban J connectivity index is 1.80. The van der Waals surface area contributed by atoms with Crippen LogP contribution in [-0.4, -0.2) is 35.8 Å². The molecule has 1 aliphatic carbocycles. The summed E-state index contributed by atoms with van der Waals surface area (Å²) in [5.74, 6) is 0.383. The van der Waals surface area contributed by atoms with Gasteiger partial charge in [-0.15, -0.1) is 4.91 Å². The van der Waals surface area contributed by atoms with Gasteiger partial charge in [-0.05, 0) is 63.1 Å². The van der Waals surface area contributed by atoms with E-state index in [4.69, 9.17) is 4.74 Å². The van der Waals surface area contributed by atoms with Gasteiger partial charge in [-0.3, -0.25) is 4.98 Å². The second-order valence-corrected chi connectivity index (χ2v) is 8.45. The Morgan fingerprint density at radius 1 is 1.35 bits per heavy atom. The summed E-state index contributed by atoms with van der Waals surface area (Å²) in [4.78, 5) is 30.1. The quantitative estimate of drug-likeness (QED) is 0.831. The van der Waals surface area contributed by atoms with Gasteiger partial charge >= 0.3 is 6.09 Å². The molecule has 1 aliphatic heterocycles. The Labute approximate surface area is 154 Å². The van der Waals surface area contributed by atoms with Crippen LogP contribution < -0.4 is 10.2 Å². The van der Waals surface area contributed by atoms with Gasteiger partial charge in [0.15, 0.2) is 0 Å². The van der Waals surface area contributed by atoms with Gasteiger partial charge in [0.2, 0.25) is 0 Å². The number of rotatable bonds is 3. The number of nitrogens with one attached hydrogen (secondary N) is 1. The maximum atomic E-state index is 12.2. The molecule has 26 heavy (non-hydrogen) atoms. The minimum atomic E-state index is -0.523. The lowest BCUT2D eigenvalue weighted by molar-refractivity contribution is 0.0495. The Kier molecular flexibility index (Phi) is 5.16. The molecule has 2 atom stereocenters. The van der Waals surface area contributed by atoms with Crippen LogP contribution in [0.5, 0.6) is 0 Å². The molecule has 2 aliphatic rings. The first kappa shape index (κ1) is 18.6. The zero-order chi connectivity index (χ0) is 18.9. The van der Waals surface area contributed by atoms with Crippen LogP contribution in [0.2, 0.25) is 0 Å². The van der Waals surface area contributed by atoms with Crippen molar-refractivity contribution in [2.75, 3.05) is 18.0 Å². The largest absolute Gasteiger partial charge is 0.444 e. The van der Waals surface area contributed by atoms with Crippen molar-refractivity contribution in [3.63, 3.8) is 0 Å². The molecule has 3 rings (SSSR count). The molecule has 0 aromatic carbocycles. The third kappa shape index (κ3) is 4.14. The Bertz CT molecular complexity index is 699. The highest BCUT2D eigenvalue weighted by Gasteiger charge is 2.32. The lowest BCUT2D eigenvalue weighted by atomic mass is 9.94. The zero-order valence-corrected chi connectivity index (χ0v) is 16.0. The second-order valence-electron chi connectivity index (χ2n) is 8.45. The molecule has 0 bridgehead atoms. The van der Waals surface area contributed by atoms with Crippen LogP contribution in [-0.2, 0) is 17.6 Å². The first-order valence-corrected chi connectivity index (χ1v) is 9.35. The molecule has 2 heterocycles. The number of aryl methyl sites for hydroxylation is 1. The van der Waals surface area contributed by atoms with E-state index in [0.29, 0.717) is 18.2 Å². The summed E-state index contributed by atoms with van der Waals surface area (Å²) in [6, 6.07) is -0.0293. The van der Waals surface area contributed by atoms with Crippen molar-refractivity contribution in [3.8, 4) is 0 Å². The number of nitrogens with zero attached hydrogens (tertiary/aromatic N) is 3. The van der Waals surface area contributed by atoms with Crippen LogP contribution in [0, 0.1) is 10.8 Å². The normalized spacial score (nSPS) is 22.7. The SMILES string of the molecule is C[C@@H]1C[C@H](NC(=O)OC(C)(C)C)CN(c2c(N=O)cnc3c2CCC3)C1. The van der Waals surface area contributed by atoms with E-state index in [1.165, 1.54) is 0 Å². The highest BCUT2D eigenvalue weighted by Crippen LogP contribution is 2.39. The molecule has 1 amide bonds. The maximum Gasteiger partial charge on any atom is 0.407 e. The number of aromatic nitrogens is 1. The average molecular weight is 360 g/mol. The van der Waals surface area contributed by atoms with Gasteiger partial charge in [0.25, 0.3) is 0 Å². The summed E-state index contributed by atoms with van der Waals surface area (Å²) in [6.07, 6.45) is 5.00. The van der Waals surface area contributed by atoms with Crippen molar-refractivity contribution in [1.82, 2.24) is 10.3 Å². The molecule has 0 saturated carbocycles. The van der Waals surface area contributed by atoms with E-state index in [-0.39, 0.29) is 6.04 Å². The fourth-order valence-corrected chi connectivity index (χ4v) is 4.01. The second kappa shape index (κ2) is 7.21. The van der Waals surface area contributed by atoms with E-state index in [1.807, 2.05) is 20.8 Å². The van der Waals surface area contributed by atoms with E-state index in [2.05, 4.69) is 27.3 Å². The van der Waals surface area contributed by atoms with Crippen molar-refractivity contribution in [3.05, 3.63) is 22.4 Å². The van der Waals surface area contributed by atoms with Crippen LogP contribution >= 0.6 is 0 Å². The molecule has 0 spiro atoms. The molecular formula is C19H28N4O3. The van der Waals surface area contributed by atoms with Crippen molar-refractivity contribution in [1.29, 1.82) is 0 Å². The third-order valence-corrected chi connectivity index (χ3v) is 4.85. The van der Waals surface area contributed by atoms with E-state index < -0.39 is 11.7 Å². The summed E-state index contributed by atoms with van der Waals surface area (Å²) >= 11 is 0. The minimum absolute atomic E-state index is 0.0293. The van der Waals surface area contributed by atoms with Crippen LogP contribution in [0.15, 0.2) is 11.4 Å². The van der Waals surface area contributed by atoms with Gasteiger partial charge in [-0.2, -0.15) is 0 Å². The molecule has 1 aromatic rings. The van der Waals surface area contributed by atoms with Gasteiger partial charge in [0.1, 0.15) is 11.3 Å². The zero-order valence-electron chi connectivity index (χ0n) is 16.0. The summed E-state index contributed by atoms with van der Waals surface area (Å²) in [6.45, 7) is 9.19. The van der Waals surface area contributed by atoms with Crippen molar-refractivity contribution in [2.24, 2.45) is 11.1 Å². The number of fused-ring (bicyclic) bond motifs is 1. The molecular weight excluding hydrogens is 332 g/mol. The number of hydrogen-bond acceptors (Lipinski definition) is 6. The van der Waals surface area contributed by atoms with E-state index in [0.717, 1.165) is 49.2 Å². The molecule has 1 N–H and O–H groups in total. The number of nitroso groups, excluding NO2 is 1. The van der Waals surface area contributed by atoms with Crippen molar-refractivity contribution in [2.45, 2.75) is 65.0 Å². The average Bonchev–Trinajstić information content (AvgIpc) is 2.99. The molecule has 1 fully saturated rings. The number of alkyl carbamates (subject to hydrolysis) is 1. The van der Waals surface area contributed by atoms with Crippen molar-refractivity contribution >= 4 is 17.5 Å². The molecule has 0 unspecified atom stereocenters. The predicted molar refractivity (Wildman–Crippen MR) is 101 cm³/mol. The molecule has 7 nitrogen and oxygen atoms in total. The summed E-state index contributed by atoms with van der Waals surface area (Å²) in [5, 5.41) is 6.20. The van der Waals surface area contributed by atoms with Gasteiger partial charge < -0.3 is 15.0 Å².